The second kappa shape index (κ2) is 10.6. The fourth-order valence-electron chi connectivity index (χ4n) is 2.55. The van der Waals surface area contributed by atoms with Crippen molar-refractivity contribution >= 4 is 17.6 Å². The van der Waals surface area contributed by atoms with E-state index in [1.165, 1.54) is 0 Å². The van der Waals surface area contributed by atoms with Crippen LogP contribution in [0.15, 0.2) is 91.0 Å². The van der Waals surface area contributed by atoms with Crippen LogP contribution >= 0.6 is 0 Å². The number of carbonyl (C=O) groups excluding carboxylic acids is 2. The summed E-state index contributed by atoms with van der Waals surface area (Å²) in [6, 6.07) is 23.3. The number of carbonyl (C=O) groups is 2. The SMILES string of the molecule is C=C(C)C(=O)OCCOc1ccc(C(=O)Nc2ccc(Oc3ccccc3)cc2)cc1. The highest BCUT2D eigenvalue weighted by Crippen LogP contribution is 2.23. The second-order valence-electron chi connectivity index (χ2n) is 6.68. The lowest BCUT2D eigenvalue weighted by Gasteiger charge is -2.09. The first-order valence-corrected chi connectivity index (χ1v) is 9.71. The van der Waals surface area contributed by atoms with Gasteiger partial charge in [-0.2, -0.15) is 0 Å². The van der Waals surface area contributed by atoms with Gasteiger partial charge >= 0.3 is 5.97 Å². The van der Waals surface area contributed by atoms with Gasteiger partial charge in [-0.05, 0) is 67.6 Å². The van der Waals surface area contributed by atoms with Gasteiger partial charge in [-0.1, -0.05) is 24.8 Å². The van der Waals surface area contributed by atoms with Crippen molar-refractivity contribution in [2.24, 2.45) is 0 Å². The quantitative estimate of drug-likeness (QED) is 0.293. The highest BCUT2D eigenvalue weighted by atomic mass is 16.6. The summed E-state index contributed by atoms with van der Waals surface area (Å²) < 4.78 is 16.2. The highest BCUT2D eigenvalue weighted by Gasteiger charge is 2.07. The van der Waals surface area contributed by atoms with E-state index in [-0.39, 0.29) is 19.1 Å². The third-order valence-corrected chi connectivity index (χ3v) is 4.14. The molecule has 1 N–H and O–H groups in total. The average Bonchev–Trinajstić information content (AvgIpc) is 2.79. The molecular weight excluding hydrogens is 394 g/mol. The molecule has 0 spiro atoms. The number of hydrogen-bond acceptors (Lipinski definition) is 5. The van der Waals surface area contributed by atoms with Crippen LogP contribution in [0.3, 0.4) is 0 Å². The van der Waals surface area contributed by atoms with Gasteiger partial charge in [0.25, 0.3) is 5.91 Å². The molecule has 0 aliphatic rings. The van der Waals surface area contributed by atoms with E-state index in [4.69, 9.17) is 14.2 Å². The zero-order valence-electron chi connectivity index (χ0n) is 17.2. The second-order valence-corrected chi connectivity index (χ2v) is 6.68. The lowest BCUT2D eigenvalue weighted by molar-refractivity contribution is -0.139. The van der Waals surface area contributed by atoms with Crippen LogP contribution in [-0.4, -0.2) is 25.1 Å². The standard InChI is InChI=1S/C25H23NO5/c1-18(2)25(28)30-17-16-29-21-12-8-19(9-13-21)24(27)26-20-10-14-23(15-11-20)31-22-6-4-3-5-7-22/h3-15H,1,16-17H2,2H3,(H,26,27). The summed E-state index contributed by atoms with van der Waals surface area (Å²) in [7, 11) is 0. The summed E-state index contributed by atoms with van der Waals surface area (Å²) in [5, 5.41) is 2.84. The maximum Gasteiger partial charge on any atom is 0.333 e. The van der Waals surface area contributed by atoms with E-state index in [2.05, 4.69) is 11.9 Å². The minimum absolute atomic E-state index is 0.123. The number of nitrogens with one attached hydrogen (secondary N) is 1. The molecule has 0 aliphatic heterocycles. The van der Waals surface area contributed by atoms with Crippen molar-refractivity contribution in [2.45, 2.75) is 6.92 Å². The maximum absolute atomic E-state index is 12.5. The van der Waals surface area contributed by atoms with E-state index in [0.29, 0.717) is 28.3 Å². The van der Waals surface area contributed by atoms with Gasteiger partial charge in [-0.3, -0.25) is 4.79 Å². The molecular formula is C25H23NO5. The van der Waals surface area contributed by atoms with Gasteiger partial charge in [-0.15, -0.1) is 0 Å². The Morgan fingerprint density at radius 1 is 0.806 bits per heavy atom. The van der Waals surface area contributed by atoms with Gasteiger partial charge in [0.05, 0.1) is 0 Å². The smallest absolute Gasteiger partial charge is 0.333 e. The van der Waals surface area contributed by atoms with Crippen LogP contribution in [0.5, 0.6) is 17.2 Å². The van der Waals surface area contributed by atoms with E-state index >= 15 is 0 Å². The molecule has 0 saturated carbocycles. The van der Waals surface area contributed by atoms with Gasteiger partial charge in [0.1, 0.15) is 30.5 Å². The molecule has 158 valence electrons. The minimum atomic E-state index is -0.449. The topological polar surface area (TPSA) is 73.9 Å². The Kier molecular flexibility index (Phi) is 7.43. The van der Waals surface area contributed by atoms with Gasteiger partial charge in [0, 0.05) is 16.8 Å². The third-order valence-electron chi connectivity index (χ3n) is 4.14. The lowest BCUT2D eigenvalue weighted by Crippen LogP contribution is -2.13. The summed E-state index contributed by atoms with van der Waals surface area (Å²) >= 11 is 0. The van der Waals surface area contributed by atoms with Crippen molar-refractivity contribution in [2.75, 3.05) is 18.5 Å². The van der Waals surface area contributed by atoms with Crippen molar-refractivity contribution in [1.29, 1.82) is 0 Å². The van der Waals surface area contributed by atoms with E-state index in [0.717, 1.165) is 5.75 Å². The van der Waals surface area contributed by atoms with Gasteiger partial charge in [0.2, 0.25) is 0 Å². The van der Waals surface area contributed by atoms with Crippen LogP contribution in [0.25, 0.3) is 0 Å². The molecule has 0 heterocycles. The first kappa shape index (κ1) is 21.6. The molecule has 0 aliphatic carbocycles. The predicted molar refractivity (Wildman–Crippen MR) is 119 cm³/mol. The number of ether oxygens (including phenoxy) is 3. The largest absolute Gasteiger partial charge is 0.490 e. The molecule has 6 nitrogen and oxygen atoms in total. The highest BCUT2D eigenvalue weighted by molar-refractivity contribution is 6.04. The summed E-state index contributed by atoms with van der Waals surface area (Å²) in [6.45, 7) is 5.43. The van der Waals surface area contributed by atoms with Crippen LogP contribution in [-0.2, 0) is 9.53 Å². The van der Waals surface area contributed by atoms with Crippen molar-refractivity contribution in [3.05, 3.63) is 96.6 Å². The van der Waals surface area contributed by atoms with Crippen LogP contribution in [0.1, 0.15) is 17.3 Å². The molecule has 0 saturated heterocycles. The summed E-state index contributed by atoms with van der Waals surface area (Å²) in [5.41, 5.74) is 1.49. The normalized spacial score (nSPS) is 10.1. The summed E-state index contributed by atoms with van der Waals surface area (Å²) in [4.78, 5) is 23.7. The Bertz CT molecular complexity index is 1030. The Hall–Kier alpha value is -4.06. The zero-order chi connectivity index (χ0) is 22.1. The third kappa shape index (κ3) is 6.75. The predicted octanol–water partition coefficient (Wildman–Crippen LogP) is 5.23. The van der Waals surface area contributed by atoms with E-state index in [9.17, 15) is 9.59 Å². The molecule has 31 heavy (non-hydrogen) atoms. The van der Waals surface area contributed by atoms with Crippen molar-refractivity contribution in [3.8, 4) is 17.2 Å². The molecule has 0 unspecified atom stereocenters. The average molecular weight is 417 g/mol. The van der Waals surface area contributed by atoms with Crippen LogP contribution in [0.2, 0.25) is 0 Å². The van der Waals surface area contributed by atoms with Gasteiger partial charge in [-0.25, -0.2) is 4.79 Å². The number of amides is 1. The fraction of sp³-hybridized carbons (Fsp3) is 0.120. The lowest BCUT2D eigenvalue weighted by atomic mass is 10.2. The fourth-order valence-corrected chi connectivity index (χ4v) is 2.55. The summed E-state index contributed by atoms with van der Waals surface area (Å²) in [5.74, 6) is 1.31. The molecule has 0 radical (unpaired) electrons. The van der Waals surface area contributed by atoms with Crippen LogP contribution in [0, 0.1) is 0 Å². The summed E-state index contributed by atoms with van der Waals surface area (Å²) in [6.07, 6.45) is 0. The molecule has 3 aromatic rings. The van der Waals surface area contributed by atoms with E-state index in [1.807, 2.05) is 30.3 Å². The van der Waals surface area contributed by atoms with Gasteiger partial charge < -0.3 is 19.5 Å². The Labute approximate surface area is 181 Å². The Morgan fingerprint density at radius 3 is 2.06 bits per heavy atom. The van der Waals surface area contributed by atoms with Gasteiger partial charge in [0.15, 0.2) is 0 Å². The number of esters is 1. The maximum atomic E-state index is 12.5. The number of benzene rings is 3. The zero-order valence-corrected chi connectivity index (χ0v) is 17.2. The molecule has 1 amide bonds. The Morgan fingerprint density at radius 2 is 1.42 bits per heavy atom. The molecule has 0 atom stereocenters. The van der Waals surface area contributed by atoms with Crippen molar-refractivity contribution in [1.82, 2.24) is 0 Å². The van der Waals surface area contributed by atoms with Crippen LogP contribution in [0.4, 0.5) is 5.69 Å². The van der Waals surface area contributed by atoms with Crippen molar-refractivity contribution in [3.63, 3.8) is 0 Å². The minimum Gasteiger partial charge on any atom is -0.490 e. The molecule has 3 rings (SSSR count). The Balaban J connectivity index is 1.48. The number of anilines is 1. The molecule has 3 aromatic carbocycles. The van der Waals surface area contributed by atoms with E-state index in [1.54, 1.807) is 55.5 Å². The molecule has 0 aromatic heterocycles. The first-order chi connectivity index (χ1) is 15.0. The number of hydrogen-bond donors (Lipinski definition) is 1. The molecule has 6 heteroatoms. The monoisotopic (exact) mass is 417 g/mol. The molecule has 0 bridgehead atoms. The van der Waals surface area contributed by atoms with E-state index < -0.39 is 5.97 Å². The number of para-hydroxylation sites is 1. The van der Waals surface area contributed by atoms with Crippen LogP contribution < -0.4 is 14.8 Å². The molecule has 0 fully saturated rings. The first-order valence-electron chi connectivity index (χ1n) is 9.71. The van der Waals surface area contributed by atoms with Crippen molar-refractivity contribution < 1.29 is 23.8 Å². The number of rotatable bonds is 9.